The van der Waals surface area contributed by atoms with Crippen molar-refractivity contribution >= 4 is 11.5 Å². The van der Waals surface area contributed by atoms with Gasteiger partial charge in [0.05, 0.1) is 5.69 Å². The van der Waals surface area contributed by atoms with E-state index in [4.69, 9.17) is 0 Å². The molecule has 1 N–H and O–H groups in total. The van der Waals surface area contributed by atoms with E-state index < -0.39 is 0 Å². The fourth-order valence-corrected chi connectivity index (χ4v) is 2.79. The van der Waals surface area contributed by atoms with Crippen molar-refractivity contribution in [1.29, 1.82) is 0 Å². The van der Waals surface area contributed by atoms with Crippen LogP contribution in [0.3, 0.4) is 0 Å². The first-order chi connectivity index (χ1) is 7.36. The van der Waals surface area contributed by atoms with E-state index in [1.807, 2.05) is 5.38 Å². The smallest absolute Gasteiger partial charge is 0.0893 e. The Hall–Kier alpha value is -0.480. The minimum atomic E-state index is 0.866. The molecule has 1 heterocycles. The molecule has 2 unspecified atom stereocenters. The van der Waals surface area contributed by atoms with Crippen LogP contribution < -0.4 is 5.32 Å². The summed E-state index contributed by atoms with van der Waals surface area (Å²) in [5.74, 6) is 1.75. The van der Waals surface area contributed by atoms with Crippen molar-refractivity contribution in [2.45, 2.75) is 39.2 Å². The lowest BCUT2D eigenvalue weighted by molar-refractivity contribution is 0.247. The van der Waals surface area contributed by atoms with E-state index in [0.29, 0.717) is 0 Å². The molecule has 1 aliphatic rings. The van der Waals surface area contributed by atoms with Crippen molar-refractivity contribution < 1.29 is 0 Å². The van der Waals surface area contributed by atoms with Gasteiger partial charge < -0.3 is 5.32 Å². The van der Waals surface area contributed by atoms with Gasteiger partial charge in [-0.2, -0.15) is 0 Å². The zero-order chi connectivity index (χ0) is 10.5. The topological polar surface area (TPSA) is 37.8 Å². The minimum absolute atomic E-state index is 0.866. The second-order valence-corrected chi connectivity index (χ2v) is 5.16. The maximum Gasteiger partial charge on any atom is 0.0893 e. The van der Waals surface area contributed by atoms with E-state index in [2.05, 4.69) is 21.8 Å². The number of aromatic nitrogens is 2. The molecule has 4 heteroatoms. The molecule has 0 amide bonds. The van der Waals surface area contributed by atoms with Gasteiger partial charge in [0.2, 0.25) is 0 Å². The molecule has 2 atom stereocenters. The van der Waals surface area contributed by atoms with Crippen LogP contribution in [-0.2, 0) is 6.54 Å². The van der Waals surface area contributed by atoms with Gasteiger partial charge in [0.25, 0.3) is 0 Å². The van der Waals surface area contributed by atoms with Gasteiger partial charge >= 0.3 is 0 Å². The minimum Gasteiger partial charge on any atom is -0.311 e. The van der Waals surface area contributed by atoms with Gasteiger partial charge in [0.1, 0.15) is 0 Å². The normalized spacial score (nSPS) is 26.7. The van der Waals surface area contributed by atoms with E-state index in [1.54, 1.807) is 0 Å². The van der Waals surface area contributed by atoms with E-state index in [-0.39, 0.29) is 0 Å². The van der Waals surface area contributed by atoms with Gasteiger partial charge in [-0.25, -0.2) is 0 Å². The van der Waals surface area contributed by atoms with Gasteiger partial charge in [-0.1, -0.05) is 30.7 Å². The van der Waals surface area contributed by atoms with E-state index in [9.17, 15) is 0 Å². The number of nitrogens with zero attached hydrogens (tertiary/aromatic N) is 2. The Morgan fingerprint density at radius 3 is 3.07 bits per heavy atom. The summed E-state index contributed by atoms with van der Waals surface area (Å²) in [4.78, 5) is 0. The molecule has 0 radical (unpaired) electrons. The Labute approximate surface area is 95.4 Å². The summed E-state index contributed by atoms with van der Waals surface area (Å²) < 4.78 is 3.85. The maximum atomic E-state index is 4.02. The summed E-state index contributed by atoms with van der Waals surface area (Å²) in [6.45, 7) is 4.40. The Morgan fingerprint density at radius 1 is 1.47 bits per heavy atom. The van der Waals surface area contributed by atoms with Crippen molar-refractivity contribution in [3.8, 4) is 0 Å². The first-order valence-electron chi connectivity index (χ1n) is 5.83. The first-order valence-corrected chi connectivity index (χ1v) is 6.66. The Balaban J connectivity index is 1.68. The first kappa shape index (κ1) is 11.0. The maximum absolute atomic E-state index is 4.02. The molecule has 15 heavy (non-hydrogen) atoms. The van der Waals surface area contributed by atoms with E-state index in [1.165, 1.54) is 37.2 Å². The van der Waals surface area contributed by atoms with Gasteiger partial charge in [0.15, 0.2) is 0 Å². The van der Waals surface area contributed by atoms with Crippen LogP contribution >= 0.6 is 11.5 Å². The third kappa shape index (κ3) is 3.24. The quantitative estimate of drug-likeness (QED) is 0.855. The molecule has 0 saturated heterocycles. The van der Waals surface area contributed by atoms with Crippen LogP contribution in [0.1, 0.15) is 38.3 Å². The van der Waals surface area contributed by atoms with Crippen LogP contribution in [-0.4, -0.2) is 16.1 Å². The molecule has 1 aromatic heterocycles. The average Bonchev–Trinajstić information content (AvgIpc) is 2.74. The lowest BCUT2D eigenvalue weighted by Crippen LogP contribution is -2.29. The van der Waals surface area contributed by atoms with Gasteiger partial charge in [0, 0.05) is 11.9 Å². The lowest BCUT2D eigenvalue weighted by atomic mass is 9.80. The van der Waals surface area contributed by atoms with Gasteiger partial charge in [-0.15, -0.1) is 5.10 Å². The van der Waals surface area contributed by atoms with Crippen LogP contribution in [0.25, 0.3) is 0 Å². The molecule has 0 aliphatic heterocycles. The van der Waals surface area contributed by atoms with Crippen molar-refractivity contribution in [3.63, 3.8) is 0 Å². The van der Waals surface area contributed by atoms with Crippen molar-refractivity contribution in [2.75, 3.05) is 6.54 Å². The van der Waals surface area contributed by atoms with Crippen LogP contribution in [0.5, 0.6) is 0 Å². The predicted octanol–water partition coefficient (Wildman–Crippen LogP) is 2.45. The summed E-state index contributed by atoms with van der Waals surface area (Å²) in [5, 5.41) is 9.53. The molecule has 0 spiro atoms. The van der Waals surface area contributed by atoms with Crippen LogP contribution in [0, 0.1) is 11.8 Å². The van der Waals surface area contributed by atoms with Gasteiger partial charge in [-0.05, 0) is 36.3 Å². The standard InChI is InChI=1S/C11H19N3S/c1-9-4-2-3-5-10(9)6-12-7-11-8-15-14-13-11/h8-10,12H,2-7H2,1H3. The van der Waals surface area contributed by atoms with Crippen LogP contribution in [0.2, 0.25) is 0 Å². The number of hydrogen-bond donors (Lipinski definition) is 1. The highest BCUT2D eigenvalue weighted by Gasteiger charge is 2.20. The van der Waals surface area contributed by atoms with E-state index >= 15 is 0 Å². The van der Waals surface area contributed by atoms with Crippen LogP contribution in [0.4, 0.5) is 0 Å². The summed E-state index contributed by atoms with van der Waals surface area (Å²) >= 11 is 1.43. The molecule has 0 bridgehead atoms. The third-order valence-corrected chi connectivity index (χ3v) is 3.96. The van der Waals surface area contributed by atoms with Crippen molar-refractivity contribution in [3.05, 3.63) is 11.1 Å². The fraction of sp³-hybridized carbons (Fsp3) is 0.818. The summed E-state index contributed by atoms with van der Waals surface area (Å²) in [6.07, 6.45) is 5.64. The van der Waals surface area contributed by atoms with Crippen molar-refractivity contribution in [1.82, 2.24) is 14.9 Å². The number of nitrogens with one attached hydrogen (secondary N) is 1. The predicted molar refractivity (Wildman–Crippen MR) is 62.7 cm³/mol. The lowest BCUT2D eigenvalue weighted by Gasteiger charge is -2.28. The number of hydrogen-bond acceptors (Lipinski definition) is 4. The highest BCUT2D eigenvalue weighted by atomic mass is 32.1. The molecule has 1 saturated carbocycles. The molecule has 84 valence electrons. The molecule has 1 aromatic rings. The largest absolute Gasteiger partial charge is 0.311 e. The fourth-order valence-electron chi connectivity index (χ4n) is 2.34. The van der Waals surface area contributed by atoms with Crippen molar-refractivity contribution in [2.24, 2.45) is 11.8 Å². The molecule has 2 rings (SSSR count). The highest BCUT2D eigenvalue weighted by Crippen LogP contribution is 2.28. The number of rotatable bonds is 4. The van der Waals surface area contributed by atoms with E-state index in [0.717, 1.165) is 30.6 Å². The molecule has 1 aliphatic carbocycles. The Kier molecular flexibility index (Phi) is 4.09. The third-order valence-electron chi connectivity index (χ3n) is 3.41. The second-order valence-electron chi connectivity index (χ2n) is 4.55. The average molecular weight is 225 g/mol. The summed E-state index contributed by atoms with van der Waals surface area (Å²) in [5.41, 5.74) is 1.07. The summed E-state index contributed by atoms with van der Waals surface area (Å²) in [6, 6.07) is 0. The SMILES string of the molecule is CC1CCCCC1CNCc1csnn1. The zero-order valence-corrected chi connectivity index (χ0v) is 10.1. The Bertz CT molecular complexity index is 273. The van der Waals surface area contributed by atoms with Gasteiger partial charge in [-0.3, -0.25) is 0 Å². The zero-order valence-electron chi connectivity index (χ0n) is 9.28. The molecule has 1 fully saturated rings. The highest BCUT2D eigenvalue weighted by molar-refractivity contribution is 7.03. The Morgan fingerprint density at radius 2 is 2.33 bits per heavy atom. The molecular weight excluding hydrogens is 206 g/mol. The second kappa shape index (κ2) is 5.56. The molecular formula is C11H19N3S. The van der Waals surface area contributed by atoms with Crippen LogP contribution in [0.15, 0.2) is 5.38 Å². The molecule has 0 aromatic carbocycles. The summed E-state index contributed by atoms with van der Waals surface area (Å²) in [7, 11) is 0. The monoisotopic (exact) mass is 225 g/mol. The molecule has 3 nitrogen and oxygen atoms in total.